The standard InChI is InChI=1S/C18H20BrFN2O/c1-12(2)17(22-14-6-4-3-5-7-14)11-21-18(23)15-10-13(19)8-9-16(15)20/h3-10,12,17,22H,11H2,1-2H3,(H,21,23). The van der Waals surface area contributed by atoms with Gasteiger partial charge in [0.15, 0.2) is 0 Å². The first kappa shape index (κ1) is 17.5. The smallest absolute Gasteiger partial charge is 0.254 e. The molecule has 1 amide bonds. The van der Waals surface area contributed by atoms with Crippen molar-refractivity contribution in [3.05, 3.63) is 64.4 Å². The molecule has 0 spiro atoms. The fraction of sp³-hybridized carbons (Fsp3) is 0.278. The van der Waals surface area contributed by atoms with Crippen LogP contribution < -0.4 is 10.6 Å². The molecule has 2 aromatic carbocycles. The third kappa shape index (κ3) is 5.06. The van der Waals surface area contributed by atoms with Gasteiger partial charge >= 0.3 is 0 Å². The summed E-state index contributed by atoms with van der Waals surface area (Å²) in [5.41, 5.74) is 1.04. The van der Waals surface area contributed by atoms with E-state index in [-0.39, 0.29) is 11.6 Å². The Labute approximate surface area is 144 Å². The molecular weight excluding hydrogens is 359 g/mol. The van der Waals surface area contributed by atoms with Crippen molar-refractivity contribution in [2.75, 3.05) is 11.9 Å². The summed E-state index contributed by atoms with van der Waals surface area (Å²) in [5, 5.41) is 6.20. The normalized spacial score (nSPS) is 12.0. The lowest BCUT2D eigenvalue weighted by Crippen LogP contribution is -2.39. The Hall–Kier alpha value is -1.88. The average Bonchev–Trinajstić information content (AvgIpc) is 2.54. The van der Waals surface area contributed by atoms with Crippen LogP contribution in [-0.2, 0) is 0 Å². The van der Waals surface area contributed by atoms with Crippen molar-refractivity contribution in [1.29, 1.82) is 0 Å². The zero-order chi connectivity index (χ0) is 16.8. The van der Waals surface area contributed by atoms with Crippen LogP contribution in [0.25, 0.3) is 0 Å². The minimum Gasteiger partial charge on any atom is -0.380 e. The van der Waals surface area contributed by atoms with Crippen LogP contribution in [0.5, 0.6) is 0 Å². The highest BCUT2D eigenvalue weighted by Gasteiger charge is 2.17. The molecule has 1 atom stereocenters. The molecule has 1 unspecified atom stereocenters. The molecule has 0 aliphatic carbocycles. The van der Waals surface area contributed by atoms with Crippen molar-refractivity contribution in [2.24, 2.45) is 5.92 Å². The number of benzene rings is 2. The number of para-hydroxylation sites is 1. The molecule has 2 N–H and O–H groups in total. The van der Waals surface area contributed by atoms with Crippen LogP contribution in [0.4, 0.5) is 10.1 Å². The largest absolute Gasteiger partial charge is 0.380 e. The summed E-state index contributed by atoms with van der Waals surface area (Å²) in [7, 11) is 0. The first-order valence-electron chi connectivity index (χ1n) is 7.52. The van der Waals surface area contributed by atoms with E-state index in [9.17, 15) is 9.18 Å². The zero-order valence-electron chi connectivity index (χ0n) is 13.1. The van der Waals surface area contributed by atoms with Crippen molar-refractivity contribution in [1.82, 2.24) is 5.32 Å². The lowest BCUT2D eigenvalue weighted by Gasteiger charge is -2.24. The van der Waals surface area contributed by atoms with Gasteiger partial charge < -0.3 is 10.6 Å². The number of nitrogens with one attached hydrogen (secondary N) is 2. The molecule has 0 aliphatic heterocycles. The van der Waals surface area contributed by atoms with Gasteiger partial charge in [-0.25, -0.2) is 4.39 Å². The predicted molar refractivity (Wildman–Crippen MR) is 95.1 cm³/mol. The van der Waals surface area contributed by atoms with Crippen LogP contribution in [0.15, 0.2) is 53.0 Å². The Morgan fingerprint density at radius 3 is 2.52 bits per heavy atom. The molecular formula is C18H20BrFN2O. The zero-order valence-corrected chi connectivity index (χ0v) is 14.7. The third-order valence-corrected chi connectivity index (χ3v) is 4.08. The van der Waals surface area contributed by atoms with Gasteiger partial charge in [0.2, 0.25) is 0 Å². The second-order valence-corrected chi connectivity index (χ2v) is 6.61. The quantitative estimate of drug-likeness (QED) is 0.779. The van der Waals surface area contributed by atoms with E-state index in [2.05, 4.69) is 40.4 Å². The van der Waals surface area contributed by atoms with E-state index in [4.69, 9.17) is 0 Å². The van der Waals surface area contributed by atoms with Crippen LogP contribution >= 0.6 is 15.9 Å². The van der Waals surface area contributed by atoms with Gasteiger partial charge in [-0.3, -0.25) is 4.79 Å². The number of amides is 1. The first-order chi connectivity index (χ1) is 11.0. The maximum atomic E-state index is 13.8. The molecule has 23 heavy (non-hydrogen) atoms. The van der Waals surface area contributed by atoms with Crippen molar-refractivity contribution < 1.29 is 9.18 Å². The van der Waals surface area contributed by atoms with Crippen molar-refractivity contribution in [3.63, 3.8) is 0 Å². The van der Waals surface area contributed by atoms with Crippen LogP contribution in [0.3, 0.4) is 0 Å². The number of carbonyl (C=O) groups is 1. The molecule has 122 valence electrons. The van der Waals surface area contributed by atoms with Crippen molar-refractivity contribution >= 4 is 27.5 Å². The highest BCUT2D eigenvalue weighted by molar-refractivity contribution is 9.10. The summed E-state index contributed by atoms with van der Waals surface area (Å²) >= 11 is 3.25. The number of halogens is 2. The molecule has 0 aliphatic rings. The first-order valence-corrected chi connectivity index (χ1v) is 8.31. The molecule has 0 aromatic heterocycles. The highest BCUT2D eigenvalue weighted by atomic mass is 79.9. The Bertz CT molecular complexity index is 661. The van der Waals surface area contributed by atoms with Crippen LogP contribution in [0, 0.1) is 11.7 Å². The number of anilines is 1. The van der Waals surface area contributed by atoms with E-state index in [0.29, 0.717) is 16.9 Å². The fourth-order valence-corrected chi connectivity index (χ4v) is 2.53. The van der Waals surface area contributed by atoms with E-state index in [1.165, 1.54) is 12.1 Å². The summed E-state index contributed by atoms with van der Waals surface area (Å²) in [4.78, 5) is 12.2. The monoisotopic (exact) mass is 378 g/mol. The van der Waals surface area contributed by atoms with Crippen LogP contribution in [-0.4, -0.2) is 18.5 Å². The van der Waals surface area contributed by atoms with Gasteiger partial charge in [-0.2, -0.15) is 0 Å². The molecule has 2 rings (SSSR count). The summed E-state index contributed by atoms with van der Waals surface area (Å²) in [5.74, 6) is -0.630. The number of hydrogen-bond donors (Lipinski definition) is 2. The van der Waals surface area contributed by atoms with E-state index in [0.717, 1.165) is 5.69 Å². The predicted octanol–water partition coefficient (Wildman–Crippen LogP) is 4.45. The molecule has 0 radical (unpaired) electrons. The Balaban J connectivity index is 2.01. The van der Waals surface area contributed by atoms with Gasteiger partial charge in [-0.05, 0) is 36.2 Å². The van der Waals surface area contributed by atoms with E-state index in [1.54, 1.807) is 6.07 Å². The minimum atomic E-state index is -0.525. The lowest BCUT2D eigenvalue weighted by molar-refractivity contribution is 0.0946. The van der Waals surface area contributed by atoms with E-state index < -0.39 is 11.7 Å². The van der Waals surface area contributed by atoms with Gasteiger partial charge in [-0.15, -0.1) is 0 Å². The summed E-state index contributed by atoms with van der Waals surface area (Å²) < 4.78 is 14.4. The molecule has 0 heterocycles. The SMILES string of the molecule is CC(C)C(CNC(=O)c1cc(Br)ccc1F)Nc1ccccc1. The molecule has 2 aromatic rings. The van der Waals surface area contributed by atoms with Crippen molar-refractivity contribution in [3.8, 4) is 0 Å². The second-order valence-electron chi connectivity index (χ2n) is 5.70. The summed E-state index contributed by atoms with van der Waals surface area (Å²) in [6.07, 6.45) is 0. The maximum absolute atomic E-state index is 13.8. The maximum Gasteiger partial charge on any atom is 0.254 e. The average molecular weight is 379 g/mol. The van der Waals surface area contributed by atoms with Crippen LogP contribution in [0.1, 0.15) is 24.2 Å². The molecule has 5 heteroatoms. The third-order valence-electron chi connectivity index (χ3n) is 3.59. The summed E-state index contributed by atoms with van der Waals surface area (Å²) in [6.45, 7) is 4.57. The lowest BCUT2D eigenvalue weighted by atomic mass is 10.0. The Kier molecular flexibility index (Phi) is 6.16. The highest BCUT2D eigenvalue weighted by Crippen LogP contribution is 2.16. The Morgan fingerprint density at radius 1 is 1.17 bits per heavy atom. The van der Waals surface area contributed by atoms with Gasteiger partial charge in [0, 0.05) is 22.7 Å². The fourth-order valence-electron chi connectivity index (χ4n) is 2.17. The molecule has 3 nitrogen and oxygen atoms in total. The van der Waals surface area contributed by atoms with Gasteiger partial charge in [-0.1, -0.05) is 48.0 Å². The second kappa shape index (κ2) is 8.11. The number of carbonyl (C=O) groups excluding carboxylic acids is 1. The van der Waals surface area contributed by atoms with Gasteiger partial charge in [0.25, 0.3) is 5.91 Å². The van der Waals surface area contributed by atoms with Gasteiger partial charge in [0.1, 0.15) is 5.82 Å². The minimum absolute atomic E-state index is 0.0431. The number of hydrogen-bond acceptors (Lipinski definition) is 2. The van der Waals surface area contributed by atoms with Gasteiger partial charge in [0.05, 0.1) is 5.56 Å². The Morgan fingerprint density at radius 2 is 1.87 bits per heavy atom. The topological polar surface area (TPSA) is 41.1 Å². The van der Waals surface area contributed by atoms with E-state index >= 15 is 0 Å². The molecule has 0 saturated carbocycles. The molecule has 0 saturated heterocycles. The summed E-state index contributed by atoms with van der Waals surface area (Å²) in [6, 6.07) is 14.2. The molecule has 0 fully saturated rings. The molecule has 0 bridgehead atoms. The van der Waals surface area contributed by atoms with Crippen LogP contribution in [0.2, 0.25) is 0 Å². The number of rotatable bonds is 6. The van der Waals surface area contributed by atoms with E-state index in [1.807, 2.05) is 30.3 Å². The van der Waals surface area contributed by atoms with Crippen molar-refractivity contribution in [2.45, 2.75) is 19.9 Å².